The van der Waals surface area contributed by atoms with E-state index in [1.165, 1.54) is 5.56 Å². The van der Waals surface area contributed by atoms with Crippen LogP contribution in [0.2, 0.25) is 0 Å². The SMILES string of the molecule is Cc1cccc(OCCN(C)C(=O)C2(CN)CCCC2)c1.Cl. The molecule has 0 spiro atoms. The number of amides is 1. The highest BCUT2D eigenvalue weighted by atomic mass is 35.5. The molecule has 0 atom stereocenters. The highest BCUT2D eigenvalue weighted by molar-refractivity contribution is 5.85. The van der Waals surface area contributed by atoms with Crippen molar-refractivity contribution in [1.82, 2.24) is 4.90 Å². The summed E-state index contributed by atoms with van der Waals surface area (Å²) in [4.78, 5) is 14.4. The Morgan fingerprint density at radius 3 is 2.64 bits per heavy atom. The Morgan fingerprint density at radius 1 is 1.36 bits per heavy atom. The van der Waals surface area contributed by atoms with E-state index in [9.17, 15) is 4.79 Å². The second-order valence-electron chi connectivity index (χ2n) is 6.08. The first kappa shape index (κ1) is 18.8. The first-order chi connectivity index (χ1) is 10.1. The Morgan fingerprint density at radius 2 is 2.05 bits per heavy atom. The van der Waals surface area contributed by atoms with E-state index < -0.39 is 0 Å². The van der Waals surface area contributed by atoms with Crippen LogP contribution in [0.3, 0.4) is 0 Å². The lowest BCUT2D eigenvalue weighted by Gasteiger charge is -2.31. The van der Waals surface area contributed by atoms with Crippen molar-refractivity contribution in [1.29, 1.82) is 0 Å². The van der Waals surface area contributed by atoms with Crippen LogP contribution in [0.4, 0.5) is 0 Å². The number of ether oxygens (including phenoxy) is 1. The van der Waals surface area contributed by atoms with Crippen LogP contribution < -0.4 is 10.5 Å². The predicted molar refractivity (Wildman–Crippen MR) is 91.5 cm³/mol. The van der Waals surface area contributed by atoms with Crippen LogP contribution >= 0.6 is 12.4 Å². The molecule has 1 aromatic rings. The number of nitrogens with two attached hydrogens (primary N) is 1. The zero-order valence-corrected chi connectivity index (χ0v) is 14.3. The maximum atomic E-state index is 12.6. The molecule has 5 heteroatoms. The number of carbonyl (C=O) groups excluding carboxylic acids is 1. The van der Waals surface area contributed by atoms with Gasteiger partial charge in [-0.05, 0) is 37.5 Å². The second-order valence-corrected chi connectivity index (χ2v) is 6.08. The van der Waals surface area contributed by atoms with Crippen LogP contribution in [0.5, 0.6) is 5.75 Å². The summed E-state index contributed by atoms with van der Waals surface area (Å²) in [5.41, 5.74) is 6.72. The van der Waals surface area contributed by atoms with Crippen molar-refractivity contribution in [2.75, 3.05) is 26.7 Å². The van der Waals surface area contributed by atoms with E-state index in [4.69, 9.17) is 10.5 Å². The molecule has 1 aliphatic carbocycles. The zero-order chi connectivity index (χ0) is 15.3. The molecule has 1 saturated carbocycles. The molecule has 0 saturated heterocycles. The molecule has 0 aromatic heterocycles. The topological polar surface area (TPSA) is 55.6 Å². The number of rotatable bonds is 6. The lowest BCUT2D eigenvalue weighted by molar-refractivity contribution is -0.140. The molecule has 0 aliphatic heterocycles. The highest BCUT2D eigenvalue weighted by Crippen LogP contribution is 2.38. The van der Waals surface area contributed by atoms with Gasteiger partial charge in [-0.25, -0.2) is 0 Å². The molecule has 2 N–H and O–H groups in total. The first-order valence-electron chi connectivity index (χ1n) is 7.72. The molecule has 1 amide bonds. The lowest BCUT2D eigenvalue weighted by atomic mass is 9.85. The summed E-state index contributed by atoms with van der Waals surface area (Å²) in [5, 5.41) is 0. The number of halogens is 1. The Bertz CT molecular complexity index is 487. The van der Waals surface area contributed by atoms with Gasteiger partial charge in [0.25, 0.3) is 0 Å². The average molecular weight is 327 g/mol. The minimum Gasteiger partial charge on any atom is -0.492 e. The van der Waals surface area contributed by atoms with E-state index in [2.05, 4.69) is 0 Å². The van der Waals surface area contributed by atoms with Gasteiger partial charge in [-0.2, -0.15) is 0 Å². The van der Waals surface area contributed by atoms with Gasteiger partial charge in [0.05, 0.1) is 12.0 Å². The summed E-state index contributed by atoms with van der Waals surface area (Å²) in [7, 11) is 1.84. The number of aryl methyl sites for hydroxylation is 1. The van der Waals surface area contributed by atoms with Crippen molar-refractivity contribution < 1.29 is 9.53 Å². The smallest absolute Gasteiger partial charge is 0.229 e. The quantitative estimate of drug-likeness (QED) is 0.874. The minimum atomic E-state index is -0.321. The third kappa shape index (κ3) is 4.37. The molecule has 1 aromatic carbocycles. The van der Waals surface area contributed by atoms with Crippen LogP contribution in [0.15, 0.2) is 24.3 Å². The molecular formula is C17H27ClN2O2. The molecule has 1 aliphatic rings. The van der Waals surface area contributed by atoms with Gasteiger partial charge >= 0.3 is 0 Å². The van der Waals surface area contributed by atoms with Gasteiger partial charge in [-0.15, -0.1) is 12.4 Å². The van der Waals surface area contributed by atoms with Crippen molar-refractivity contribution in [3.05, 3.63) is 29.8 Å². The number of likely N-dealkylation sites (N-methyl/N-ethyl adjacent to an activating group) is 1. The summed E-state index contributed by atoms with van der Waals surface area (Å²) >= 11 is 0. The highest BCUT2D eigenvalue weighted by Gasteiger charge is 2.41. The molecule has 0 heterocycles. The number of hydrogen-bond acceptors (Lipinski definition) is 3. The average Bonchev–Trinajstić information content (AvgIpc) is 2.96. The Balaban J connectivity index is 0.00000242. The van der Waals surface area contributed by atoms with Crippen molar-refractivity contribution in [3.63, 3.8) is 0 Å². The molecular weight excluding hydrogens is 300 g/mol. The Labute approximate surface area is 139 Å². The van der Waals surface area contributed by atoms with Gasteiger partial charge in [0.15, 0.2) is 0 Å². The number of benzene rings is 1. The molecule has 0 unspecified atom stereocenters. The zero-order valence-electron chi connectivity index (χ0n) is 13.5. The van der Waals surface area contributed by atoms with E-state index >= 15 is 0 Å². The summed E-state index contributed by atoms with van der Waals surface area (Å²) in [6.07, 6.45) is 4.06. The molecule has 124 valence electrons. The van der Waals surface area contributed by atoms with Gasteiger partial charge in [-0.3, -0.25) is 4.79 Å². The van der Waals surface area contributed by atoms with Crippen molar-refractivity contribution in [2.45, 2.75) is 32.6 Å². The van der Waals surface area contributed by atoms with Crippen LogP contribution in [0, 0.1) is 12.3 Å². The van der Waals surface area contributed by atoms with Gasteiger partial charge in [0, 0.05) is 13.6 Å². The Kier molecular flexibility index (Phi) is 7.17. The Hall–Kier alpha value is -1.26. The molecule has 1 fully saturated rings. The molecule has 2 rings (SSSR count). The summed E-state index contributed by atoms with van der Waals surface area (Å²) in [6, 6.07) is 7.95. The van der Waals surface area contributed by atoms with Crippen LogP contribution in [0.25, 0.3) is 0 Å². The second kappa shape index (κ2) is 8.39. The summed E-state index contributed by atoms with van der Waals surface area (Å²) in [5.74, 6) is 1.03. The summed E-state index contributed by atoms with van der Waals surface area (Å²) < 4.78 is 5.71. The van der Waals surface area contributed by atoms with Crippen LogP contribution in [-0.2, 0) is 4.79 Å². The molecule has 0 bridgehead atoms. The monoisotopic (exact) mass is 326 g/mol. The fraction of sp³-hybridized carbons (Fsp3) is 0.588. The number of nitrogens with zero attached hydrogens (tertiary/aromatic N) is 1. The van der Waals surface area contributed by atoms with Crippen molar-refractivity contribution >= 4 is 18.3 Å². The fourth-order valence-electron chi connectivity index (χ4n) is 3.07. The summed E-state index contributed by atoms with van der Waals surface area (Å²) in [6.45, 7) is 3.59. The molecule has 0 radical (unpaired) electrons. The van der Waals surface area contributed by atoms with Crippen LogP contribution in [-0.4, -0.2) is 37.6 Å². The van der Waals surface area contributed by atoms with E-state index in [1.54, 1.807) is 4.90 Å². The normalized spacial score (nSPS) is 16.0. The van der Waals surface area contributed by atoms with Crippen LogP contribution in [0.1, 0.15) is 31.2 Å². The third-order valence-electron chi connectivity index (χ3n) is 4.44. The molecule has 22 heavy (non-hydrogen) atoms. The lowest BCUT2D eigenvalue weighted by Crippen LogP contribution is -2.46. The number of carbonyl (C=O) groups is 1. The minimum absolute atomic E-state index is 0. The predicted octanol–water partition coefficient (Wildman–Crippen LogP) is 2.77. The maximum absolute atomic E-state index is 12.6. The largest absolute Gasteiger partial charge is 0.492 e. The van der Waals surface area contributed by atoms with Gasteiger partial charge < -0.3 is 15.4 Å². The maximum Gasteiger partial charge on any atom is 0.229 e. The van der Waals surface area contributed by atoms with Crippen molar-refractivity contribution in [3.8, 4) is 5.75 Å². The van der Waals surface area contributed by atoms with Crippen molar-refractivity contribution in [2.24, 2.45) is 11.1 Å². The molecule has 4 nitrogen and oxygen atoms in total. The van der Waals surface area contributed by atoms with E-state index in [0.29, 0.717) is 19.7 Å². The van der Waals surface area contributed by atoms with Gasteiger partial charge in [0.2, 0.25) is 5.91 Å². The van der Waals surface area contributed by atoms with E-state index in [-0.39, 0.29) is 23.7 Å². The van der Waals surface area contributed by atoms with E-state index in [1.807, 2.05) is 38.2 Å². The first-order valence-corrected chi connectivity index (χ1v) is 7.72. The van der Waals surface area contributed by atoms with Gasteiger partial charge in [0.1, 0.15) is 12.4 Å². The fourth-order valence-corrected chi connectivity index (χ4v) is 3.07. The van der Waals surface area contributed by atoms with E-state index in [0.717, 1.165) is 31.4 Å². The third-order valence-corrected chi connectivity index (χ3v) is 4.44. The van der Waals surface area contributed by atoms with Gasteiger partial charge in [-0.1, -0.05) is 25.0 Å². The number of hydrogen-bond donors (Lipinski definition) is 1. The standard InChI is InChI=1S/C17H26N2O2.ClH/c1-14-6-5-7-15(12-14)21-11-10-19(2)16(20)17(13-18)8-3-4-9-17;/h5-7,12H,3-4,8-11,13,18H2,1-2H3;1H.